The maximum Gasteiger partial charge on any atom is 0.240 e. The quantitative estimate of drug-likeness (QED) is 0.830. The van der Waals surface area contributed by atoms with Crippen LogP contribution in [0.3, 0.4) is 0 Å². The van der Waals surface area contributed by atoms with Crippen LogP contribution in [0.25, 0.3) is 0 Å². The van der Waals surface area contributed by atoms with Crippen LogP contribution in [0.4, 0.5) is 5.69 Å². The number of ether oxygens (including phenoxy) is 1. The van der Waals surface area contributed by atoms with Crippen molar-refractivity contribution in [3.05, 3.63) is 23.3 Å². The van der Waals surface area contributed by atoms with Crippen LogP contribution in [0.2, 0.25) is 0 Å². The number of benzene rings is 1. The highest BCUT2D eigenvalue weighted by Gasteiger charge is 2.27. The predicted octanol–water partition coefficient (Wildman–Crippen LogP) is 1.73. The second-order valence-electron chi connectivity index (χ2n) is 5.42. The van der Waals surface area contributed by atoms with Crippen molar-refractivity contribution in [2.75, 3.05) is 12.3 Å². The van der Waals surface area contributed by atoms with Gasteiger partial charge in [0.15, 0.2) is 0 Å². The van der Waals surface area contributed by atoms with Crippen LogP contribution < -0.4 is 10.5 Å². The molecule has 112 valence electrons. The molecule has 1 aliphatic rings. The molecule has 20 heavy (non-hydrogen) atoms. The monoisotopic (exact) mass is 298 g/mol. The van der Waals surface area contributed by atoms with Crippen molar-refractivity contribution in [3.63, 3.8) is 0 Å². The normalized spacial score (nSPS) is 21.1. The van der Waals surface area contributed by atoms with Crippen LogP contribution in [0, 0.1) is 13.8 Å². The SMILES string of the molecule is Cc1cc(S(=O)(=O)NC(C)C2CCCO2)cc(N)c1C. The van der Waals surface area contributed by atoms with Gasteiger partial charge in [-0.2, -0.15) is 0 Å². The molecule has 0 aliphatic carbocycles. The second-order valence-corrected chi connectivity index (χ2v) is 7.13. The summed E-state index contributed by atoms with van der Waals surface area (Å²) >= 11 is 0. The minimum Gasteiger partial charge on any atom is -0.398 e. The van der Waals surface area contributed by atoms with E-state index in [0.717, 1.165) is 24.0 Å². The van der Waals surface area contributed by atoms with Crippen molar-refractivity contribution >= 4 is 15.7 Å². The van der Waals surface area contributed by atoms with Gasteiger partial charge in [-0.3, -0.25) is 0 Å². The van der Waals surface area contributed by atoms with E-state index in [1.165, 1.54) is 6.07 Å². The van der Waals surface area contributed by atoms with E-state index in [1.807, 2.05) is 20.8 Å². The van der Waals surface area contributed by atoms with E-state index in [9.17, 15) is 8.42 Å². The fourth-order valence-electron chi connectivity index (χ4n) is 2.39. The van der Waals surface area contributed by atoms with E-state index >= 15 is 0 Å². The third-order valence-corrected chi connectivity index (χ3v) is 5.39. The minimum atomic E-state index is -3.57. The molecule has 0 radical (unpaired) electrons. The lowest BCUT2D eigenvalue weighted by Gasteiger charge is -2.20. The fourth-order valence-corrected chi connectivity index (χ4v) is 3.78. The number of sulfonamides is 1. The summed E-state index contributed by atoms with van der Waals surface area (Å²) in [4.78, 5) is 0.211. The zero-order valence-electron chi connectivity index (χ0n) is 12.1. The Bertz CT molecular complexity index is 569. The van der Waals surface area contributed by atoms with Crippen molar-refractivity contribution < 1.29 is 13.2 Å². The van der Waals surface area contributed by atoms with Gasteiger partial charge in [0, 0.05) is 18.3 Å². The third-order valence-electron chi connectivity index (χ3n) is 3.85. The van der Waals surface area contributed by atoms with Gasteiger partial charge < -0.3 is 10.5 Å². The maximum atomic E-state index is 12.4. The van der Waals surface area contributed by atoms with E-state index < -0.39 is 10.0 Å². The zero-order valence-corrected chi connectivity index (χ0v) is 13.0. The summed E-state index contributed by atoms with van der Waals surface area (Å²) < 4.78 is 33.0. The first kappa shape index (κ1) is 15.3. The number of rotatable bonds is 4. The fraction of sp³-hybridized carbons (Fsp3) is 0.571. The topological polar surface area (TPSA) is 81.4 Å². The lowest BCUT2D eigenvalue weighted by molar-refractivity contribution is 0.0902. The number of anilines is 1. The highest BCUT2D eigenvalue weighted by molar-refractivity contribution is 7.89. The first-order valence-corrected chi connectivity index (χ1v) is 8.30. The molecule has 0 bridgehead atoms. The highest BCUT2D eigenvalue weighted by Crippen LogP contribution is 2.23. The molecule has 0 saturated carbocycles. The molecule has 1 heterocycles. The Morgan fingerprint density at radius 2 is 2.10 bits per heavy atom. The molecule has 1 aromatic carbocycles. The zero-order chi connectivity index (χ0) is 14.9. The molecule has 0 aromatic heterocycles. The Labute approximate surface area is 120 Å². The summed E-state index contributed by atoms with van der Waals surface area (Å²) in [6.07, 6.45) is 1.82. The summed E-state index contributed by atoms with van der Waals surface area (Å²) in [5, 5.41) is 0. The molecule has 1 saturated heterocycles. The van der Waals surface area contributed by atoms with Crippen molar-refractivity contribution in [2.24, 2.45) is 0 Å². The lowest BCUT2D eigenvalue weighted by Crippen LogP contribution is -2.40. The molecule has 1 aromatic rings. The molecule has 5 nitrogen and oxygen atoms in total. The average Bonchev–Trinajstić information content (AvgIpc) is 2.88. The second kappa shape index (κ2) is 5.71. The third kappa shape index (κ3) is 3.13. The summed E-state index contributed by atoms with van der Waals surface area (Å²) in [5.41, 5.74) is 8.13. The number of nitrogens with two attached hydrogens (primary N) is 1. The van der Waals surface area contributed by atoms with Gasteiger partial charge in [0.2, 0.25) is 10.0 Å². The molecule has 2 rings (SSSR count). The van der Waals surface area contributed by atoms with Gasteiger partial charge in [-0.1, -0.05) is 0 Å². The van der Waals surface area contributed by atoms with Crippen molar-refractivity contribution in [1.82, 2.24) is 4.72 Å². The molecule has 3 N–H and O–H groups in total. The van der Waals surface area contributed by atoms with Crippen molar-refractivity contribution in [3.8, 4) is 0 Å². The largest absolute Gasteiger partial charge is 0.398 e. The van der Waals surface area contributed by atoms with Gasteiger partial charge in [-0.05, 0) is 56.9 Å². The Morgan fingerprint density at radius 1 is 1.40 bits per heavy atom. The van der Waals surface area contributed by atoms with E-state index in [1.54, 1.807) is 6.07 Å². The first-order chi connectivity index (χ1) is 9.31. The van der Waals surface area contributed by atoms with E-state index in [0.29, 0.717) is 12.3 Å². The van der Waals surface area contributed by atoms with Crippen LogP contribution in [0.1, 0.15) is 30.9 Å². The lowest BCUT2D eigenvalue weighted by atomic mass is 10.1. The Kier molecular flexibility index (Phi) is 4.36. The average molecular weight is 298 g/mol. The highest BCUT2D eigenvalue weighted by atomic mass is 32.2. The van der Waals surface area contributed by atoms with Crippen LogP contribution in [-0.4, -0.2) is 27.2 Å². The maximum absolute atomic E-state index is 12.4. The molecule has 2 unspecified atom stereocenters. The predicted molar refractivity (Wildman–Crippen MR) is 79.1 cm³/mol. The number of hydrogen-bond acceptors (Lipinski definition) is 4. The molecular formula is C14H22N2O3S. The molecule has 6 heteroatoms. The molecule has 0 amide bonds. The van der Waals surface area contributed by atoms with Crippen LogP contribution in [0.15, 0.2) is 17.0 Å². The Morgan fingerprint density at radius 3 is 2.65 bits per heavy atom. The molecular weight excluding hydrogens is 276 g/mol. The van der Waals surface area contributed by atoms with Gasteiger partial charge in [0.05, 0.1) is 11.0 Å². The van der Waals surface area contributed by atoms with Gasteiger partial charge in [0.1, 0.15) is 0 Å². The van der Waals surface area contributed by atoms with Gasteiger partial charge in [0.25, 0.3) is 0 Å². The number of nitrogens with one attached hydrogen (secondary N) is 1. The first-order valence-electron chi connectivity index (χ1n) is 6.82. The number of hydrogen-bond donors (Lipinski definition) is 2. The molecule has 1 aliphatic heterocycles. The number of aryl methyl sites for hydroxylation is 1. The molecule has 2 atom stereocenters. The van der Waals surface area contributed by atoms with Crippen LogP contribution in [-0.2, 0) is 14.8 Å². The summed E-state index contributed by atoms with van der Waals surface area (Å²) in [6.45, 7) is 6.27. The van der Waals surface area contributed by atoms with Gasteiger partial charge in [-0.25, -0.2) is 13.1 Å². The van der Waals surface area contributed by atoms with E-state index in [4.69, 9.17) is 10.5 Å². The standard InChI is InChI=1S/C14H22N2O3S/c1-9-7-12(8-13(15)10(9)2)20(17,18)16-11(3)14-5-4-6-19-14/h7-8,11,14,16H,4-6,15H2,1-3H3. The minimum absolute atomic E-state index is 0.0475. The van der Waals surface area contributed by atoms with Crippen LogP contribution >= 0.6 is 0 Å². The summed E-state index contributed by atoms with van der Waals surface area (Å²) in [5.74, 6) is 0. The van der Waals surface area contributed by atoms with Crippen LogP contribution in [0.5, 0.6) is 0 Å². The van der Waals surface area contributed by atoms with Crippen molar-refractivity contribution in [1.29, 1.82) is 0 Å². The molecule has 0 spiro atoms. The van der Waals surface area contributed by atoms with E-state index in [2.05, 4.69) is 4.72 Å². The smallest absolute Gasteiger partial charge is 0.240 e. The summed E-state index contributed by atoms with van der Waals surface area (Å²) in [7, 11) is -3.57. The van der Waals surface area contributed by atoms with Gasteiger partial charge in [-0.15, -0.1) is 0 Å². The van der Waals surface area contributed by atoms with Gasteiger partial charge >= 0.3 is 0 Å². The van der Waals surface area contributed by atoms with Crippen molar-refractivity contribution in [2.45, 2.75) is 50.7 Å². The van der Waals surface area contributed by atoms with E-state index in [-0.39, 0.29) is 17.0 Å². The molecule has 1 fully saturated rings. The Hall–Kier alpha value is -1.11. The number of nitrogen functional groups attached to an aromatic ring is 1. The summed E-state index contributed by atoms with van der Waals surface area (Å²) in [6, 6.07) is 2.91. The Balaban J connectivity index is 2.21.